The number of rotatable bonds is 8. The second-order valence-electron chi connectivity index (χ2n) is 9.06. The molecule has 0 aliphatic rings. The van der Waals surface area contributed by atoms with Crippen molar-refractivity contribution in [1.82, 2.24) is 24.5 Å². The summed E-state index contributed by atoms with van der Waals surface area (Å²) in [6, 6.07) is 17.8. The summed E-state index contributed by atoms with van der Waals surface area (Å²) in [5.74, 6) is 0.0583. The number of nitrogens with one attached hydrogen (secondary N) is 1. The van der Waals surface area contributed by atoms with Crippen LogP contribution in [0, 0.1) is 6.92 Å². The molecule has 0 aliphatic carbocycles. The smallest absolute Gasteiger partial charge is 0.328 e. The van der Waals surface area contributed by atoms with Crippen LogP contribution in [0.15, 0.2) is 82.5 Å². The van der Waals surface area contributed by atoms with E-state index in [1.54, 1.807) is 48.0 Å². The monoisotopic (exact) mass is 523 g/mol. The molecule has 3 aromatic carbocycles. The summed E-state index contributed by atoms with van der Waals surface area (Å²) in [6.45, 7) is 2.17. The highest BCUT2D eigenvalue weighted by atomic mass is 16.5. The molecule has 10 nitrogen and oxygen atoms in total. The fourth-order valence-corrected chi connectivity index (χ4v) is 4.29. The second kappa shape index (κ2) is 10.6. The number of phenolic OH excluding ortho intramolecular Hbond substituents is 1. The third-order valence-corrected chi connectivity index (χ3v) is 6.34. The molecule has 10 heteroatoms. The summed E-state index contributed by atoms with van der Waals surface area (Å²) < 4.78 is 8.56. The lowest BCUT2D eigenvalue weighted by molar-refractivity contribution is 0.104. The highest BCUT2D eigenvalue weighted by molar-refractivity contribution is 6.08. The molecule has 0 radical (unpaired) electrons. The Labute approximate surface area is 222 Å². The number of H-pyrrole nitrogens is 1. The van der Waals surface area contributed by atoms with Gasteiger partial charge in [-0.2, -0.15) is 0 Å². The van der Waals surface area contributed by atoms with Crippen molar-refractivity contribution in [3.63, 3.8) is 0 Å². The zero-order valence-corrected chi connectivity index (χ0v) is 21.3. The Morgan fingerprint density at radius 1 is 1.08 bits per heavy atom. The number of carbonyl (C=O) groups is 1. The average Bonchev–Trinajstić information content (AvgIpc) is 3.34. The van der Waals surface area contributed by atoms with E-state index in [0.29, 0.717) is 29.0 Å². The Bertz CT molecular complexity index is 1850. The summed E-state index contributed by atoms with van der Waals surface area (Å²) in [5, 5.41) is 18.7. The first kappa shape index (κ1) is 25.4. The van der Waals surface area contributed by atoms with Crippen molar-refractivity contribution in [2.75, 3.05) is 7.11 Å². The molecule has 196 valence electrons. The highest BCUT2D eigenvalue weighted by Crippen LogP contribution is 2.24. The van der Waals surface area contributed by atoms with Crippen molar-refractivity contribution in [3.05, 3.63) is 122 Å². The Balaban J connectivity index is 1.38. The predicted octanol–water partition coefficient (Wildman–Crippen LogP) is 3.30. The number of aromatic amines is 1. The quantitative estimate of drug-likeness (QED) is 0.236. The van der Waals surface area contributed by atoms with Crippen LogP contribution < -0.4 is 16.0 Å². The van der Waals surface area contributed by atoms with Crippen LogP contribution in [0.3, 0.4) is 0 Å². The van der Waals surface area contributed by atoms with Gasteiger partial charge in [0.2, 0.25) is 0 Å². The highest BCUT2D eigenvalue weighted by Gasteiger charge is 2.12. The lowest BCUT2D eigenvalue weighted by Gasteiger charge is -2.11. The van der Waals surface area contributed by atoms with Crippen molar-refractivity contribution >= 4 is 22.9 Å². The van der Waals surface area contributed by atoms with Gasteiger partial charge in [0, 0.05) is 17.3 Å². The van der Waals surface area contributed by atoms with E-state index < -0.39 is 11.2 Å². The molecule has 0 saturated carbocycles. The minimum atomic E-state index is -0.530. The maximum atomic E-state index is 13.0. The summed E-state index contributed by atoms with van der Waals surface area (Å²) >= 11 is 0. The maximum Gasteiger partial charge on any atom is 0.328 e. The molecule has 0 aliphatic heterocycles. The largest absolute Gasteiger partial charge is 0.507 e. The molecule has 39 heavy (non-hydrogen) atoms. The van der Waals surface area contributed by atoms with Crippen molar-refractivity contribution in [2.45, 2.75) is 20.0 Å². The number of methoxy groups -OCH3 is 1. The fraction of sp³-hybridized carbons (Fsp3) is 0.138. The molecule has 0 amide bonds. The van der Waals surface area contributed by atoms with E-state index in [2.05, 4.69) is 15.3 Å². The number of allylic oxidation sites excluding steroid dienone is 1. The van der Waals surface area contributed by atoms with E-state index in [-0.39, 0.29) is 23.6 Å². The zero-order valence-electron chi connectivity index (χ0n) is 21.3. The number of aryl methyl sites for hydroxylation is 1. The standard InChI is InChI=1S/C29H25N5O5/c1-18-15-33(29(38)30-28(18)37)17-21-13-19(9-12-27(21)39-2)7-10-25(35)22-14-20(8-11-26(22)36)16-34-24-6-4-3-5-23(24)31-32-34/h3-15,36H,16-17H2,1-2H3,(H,30,37,38)/b10-7+. The Kier molecular flexibility index (Phi) is 6.92. The SMILES string of the molecule is COc1ccc(/C=C/C(=O)c2cc(Cn3nnc4ccccc43)ccc2O)cc1Cn1cc(C)c(=O)[nH]c1=O. The molecule has 0 saturated heterocycles. The number of aromatic hydroxyl groups is 1. The third kappa shape index (κ3) is 5.40. The van der Waals surface area contributed by atoms with E-state index in [0.717, 1.165) is 16.6 Å². The maximum absolute atomic E-state index is 13.0. The van der Waals surface area contributed by atoms with Gasteiger partial charge in [-0.15, -0.1) is 5.10 Å². The molecule has 5 aromatic rings. The summed E-state index contributed by atoms with van der Waals surface area (Å²) in [6.07, 6.45) is 4.50. The van der Waals surface area contributed by atoms with E-state index in [4.69, 9.17) is 4.74 Å². The topological polar surface area (TPSA) is 132 Å². The molecule has 0 unspecified atom stereocenters. The number of fused-ring (bicyclic) bond motifs is 1. The normalized spacial score (nSPS) is 11.3. The van der Waals surface area contributed by atoms with Crippen LogP contribution in [0.4, 0.5) is 0 Å². The summed E-state index contributed by atoms with van der Waals surface area (Å²) in [4.78, 5) is 39.3. The van der Waals surface area contributed by atoms with Crippen LogP contribution in [0.25, 0.3) is 17.1 Å². The predicted molar refractivity (Wildman–Crippen MR) is 146 cm³/mol. The first-order valence-corrected chi connectivity index (χ1v) is 12.1. The molecule has 2 aromatic heterocycles. The van der Waals surface area contributed by atoms with Gasteiger partial charge < -0.3 is 9.84 Å². The van der Waals surface area contributed by atoms with E-state index in [1.165, 1.54) is 30.0 Å². The lowest BCUT2D eigenvalue weighted by Crippen LogP contribution is -2.31. The van der Waals surface area contributed by atoms with Crippen LogP contribution in [-0.2, 0) is 13.1 Å². The van der Waals surface area contributed by atoms with Gasteiger partial charge in [0.25, 0.3) is 5.56 Å². The van der Waals surface area contributed by atoms with Gasteiger partial charge in [-0.1, -0.05) is 35.6 Å². The Hall–Kier alpha value is -5.25. The lowest BCUT2D eigenvalue weighted by atomic mass is 10.0. The van der Waals surface area contributed by atoms with Gasteiger partial charge in [0.05, 0.1) is 31.3 Å². The van der Waals surface area contributed by atoms with E-state index in [1.807, 2.05) is 24.3 Å². The minimum absolute atomic E-state index is 0.125. The average molecular weight is 524 g/mol. The number of hydrogen-bond donors (Lipinski definition) is 2. The van der Waals surface area contributed by atoms with Crippen molar-refractivity contribution < 1.29 is 14.6 Å². The Morgan fingerprint density at radius 3 is 2.72 bits per heavy atom. The molecule has 5 rings (SSSR count). The van der Waals surface area contributed by atoms with Gasteiger partial charge in [0.15, 0.2) is 5.78 Å². The molecular formula is C29H25N5O5. The molecule has 0 bridgehead atoms. The fourth-order valence-electron chi connectivity index (χ4n) is 4.29. The third-order valence-electron chi connectivity index (χ3n) is 6.34. The number of phenols is 1. The number of nitrogens with zero attached hydrogens (tertiary/aromatic N) is 4. The second-order valence-corrected chi connectivity index (χ2v) is 9.06. The van der Waals surface area contributed by atoms with Crippen LogP contribution >= 0.6 is 0 Å². The number of hydrogen-bond acceptors (Lipinski definition) is 7. The van der Waals surface area contributed by atoms with Gasteiger partial charge in [-0.05, 0) is 60.5 Å². The molecule has 0 spiro atoms. The number of carbonyl (C=O) groups excluding carboxylic acids is 1. The van der Waals surface area contributed by atoms with Crippen molar-refractivity contribution in [3.8, 4) is 11.5 Å². The van der Waals surface area contributed by atoms with Crippen LogP contribution in [0.5, 0.6) is 11.5 Å². The summed E-state index contributed by atoms with van der Waals surface area (Å²) in [7, 11) is 1.52. The van der Waals surface area contributed by atoms with E-state index >= 15 is 0 Å². The molecule has 2 N–H and O–H groups in total. The number of ether oxygens (including phenoxy) is 1. The number of ketones is 1. The molecule has 0 atom stereocenters. The van der Waals surface area contributed by atoms with Crippen molar-refractivity contribution in [2.24, 2.45) is 0 Å². The molecule has 0 fully saturated rings. The van der Waals surface area contributed by atoms with Crippen molar-refractivity contribution in [1.29, 1.82) is 0 Å². The first-order valence-electron chi connectivity index (χ1n) is 12.1. The van der Waals surface area contributed by atoms with Crippen LogP contribution in [0.1, 0.15) is 32.6 Å². The van der Waals surface area contributed by atoms with Gasteiger partial charge in [0.1, 0.15) is 17.0 Å². The van der Waals surface area contributed by atoms with E-state index in [9.17, 15) is 19.5 Å². The van der Waals surface area contributed by atoms with Gasteiger partial charge >= 0.3 is 5.69 Å². The minimum Gasteiger partial charge on any atom is -0.507 e. The first-order chi connectivity index (χ1) is 18.8. The molecular weight excluding hydrogens is 498 g/mol. The zero-order chi connectivity index (χ0) is 27.5. The van der Waals surface area contributed by atoms with Gasteiger partial charge in [-0.3, -0.25) is 19.1 Å². The number of para-hydroxylation sites is 1. The Morgan fingerprint density at radius 2 is 1.90 bits per heavy atom. The summed E-state index contributed by atoms with van der Waals surface area (Å²) in [5.41, 5.74) is 3.42. The van der Waals surface area contributed by atoms with Crippen LogP contribution in [0.2, 0.25) is 0 Å². The number of aromatic nitrogens is 5. The van der Waals surface area contributed by atoms with Crippen LogP contribution in [-0.4, -0.2) is 42.5 Å². The molecule has 2 heterocycles. The van der Waals surface area contributed by atoms with Gasteiger partial charge in [-0.25, -0.2) is 9.48 Å². The number of benzene rings is 3.